The Morgan fingerprint density at radius 2 is 2.11 bits per heavy atom. The molecular formula is C15H25NO2. The van der Waals surface area contributed by atoms with E-state index in [9.17, 15) is 0 Å². The molecule has 0 aliphatic heterocycles. The van der Waals surface area contributed by atoms with Gasteiger partial charge in [0.15, 0.2) is 0 Å². The van der Waals surface area contributed by atoms with E-state index < -0.39 is 0 Å². The quantitative estimate of drug-likeness (QED) is 0.770. The third kappa shape index (κ3) is 4.31. The van der Waals surface area contributed by atoms with E-state index in [0.29, 0.717) is 18.6 Å². The lowest BCUT2D eigenvalue weighted by molar-refractivity contribution is 0.171. The monoisotopic (exact) mass is 251 g/mol. The summed E-state index contributed by atoms with van der Waals surface area (Å²) in [5, 5.41) is 3.39. The minimum atomic E-state index is 0.334. The number of hydrogen-bond donors (Lipinski definition) is 1. The Hall–Kier alpha value is -1.06. The van der Waals surface area contributed by atoms with Crippen LogP contribution in [0.25, 0.3) is 0 Å². The van der Waals surface area contributed by atoms with E-state index in [1.165, 1.54) is 5.56 Å². The van der Waals surface area contributed by atoms with Gasteiger partial charge in [0, 0.05) is 19.8 Å². The van der Waals surface area contributed by atoms with Crippen molar-refractivity contribution in [3.05, 3.63) is 29.8 Å². The van der Waals surface area contributed by atoms with Crippen LogP contribution < -0.4 is 10.1 Å². The third-order valence-corrected chi connectivity index (χ3v) is 3.19. The minimum absolute atomic E-state index is 0.334. The van der Waals surface area contributed by atoms with Gasteiger partial charge in [-0.05, 0) is 44.0 Å². The molecule has 0 heterocycles. The van der Waals surface area contributed by atoms with Gasteiger partial charge in [-0.3, -0.25) is 0 Å². The SMILES string of the molecule is CCOc1cccc(C(NC)C(C)CCOC)c1. The molecule has 3 nitrogen and oxygen atoms in total. The lowest BCUT2D eigenvalue weighted by atomic mass is 9.92. The number of ether oxygens (including phenoxy) is 2. The second-order valence-electron chi connectivity index (χ2n) is 4.53. The molecular weight excluding hydrogens is 226 g/mol. The summed E-state index contributed by atoms with van der Waals surface area (Å²) in [5.74, 6) is 1.46. The first kappa shape index (κ1) is 15.0. The summed E-state index contributed by atoms with van der Waals surface area (Å²) >= 11 is 0. The number of benzene rings is 1. The van der Waals surface area contributed by atoms with E-state index in [1.54, 1.807) is 7.11 Å². The molecule has 1 N–H and O–H groups in total. The van der Waals surface area contributed by atoms with Crippen molar-refractivity contribution in [2.24, 2.45) is 5.92 Å². The average molecular weight is 251 g/mol. The van der Waals surface area contributed by atoms with E-state index in [0.717, 1.165) is 18.8 Å². The van der Waals surface area contributed by atoms with Crippen molar-refractivity contribution < 1.29 is 9.47 Å². The second kappa shape index (κ2) is 8.11. The summed E-state index contributed by atoms with van der Waals surface area (Å²) < 4.78 is 10.7. The molecule has 0 bridgehead atoms. The molecule has 0 aromatic heterocycles. The van der Waals surface area contributed by atoms with Gasteiger partial charge < -0.3 is 14.8 Å². The average Bonchev–Trinajstić information content (AvgIpc) is 2.38. The number of nitrogens with one attached hydrogen (secondary N) is 1. The van der Waals surface area contributed by atoms with E-state index >= 15 is 0 Å². The molecule has 0 aliphatic carbocycles. The molecule has 102 valence electrons. The molecule has 0 amide bonds. The van der Waals surface area contributed by atoms with Gasteiger partial charge in [0.2, 0.25) is 0 Å². The van der Waals surface area contributed by atoms with Gasteiger partial charge in [-0.2, -0.15) is 0 Å². The zero-order chi connectivity index (χ0) is 13.4. The van der Waals surface area contributed by atoms with Crippen molar-refractivity contribution in [3.63, 3.8) is 0 Å². The largest absolute Gasteiger partial charge is 0.494 e. The van der Waals surface area contributed by atoms with Gasteiger partial charge in [0.25, 0.3) is 0 Å². The minimum Gasteiger partial charge on any atom is -0.494 e. The van der Waals surface area contributed by atoms with Crippen molar-refractivity contribution in [2.75, 3.05) is 27.4 Å². The fourth-order valence-electron chi connectivity index (χ4n) is 2.21. The summed E-state index contributed by atoms with van der Waals surface area (Å²) in [6.45, 7) is 5.74. The lowest BCUT2D eigenvalue weighted by Gasteiger charge is -2.24. The predicted molar refractivity (Wildman–Crippen MR) is 75.1 cm³/mol. The summed E-state index contributed by atoms with van der Waals surface area (Å²) in [6, 6.07) is 8.65. The molecule has 0 fully saturated rings. The van der Waals surface area contributed by atoms with E-state index in [4.69, 9.17) is 9.47 Å². The Kier molecular flexibility index (Phi) is 6.76. The maximum Gasteiger partial charge on any atom is 0.119 e. The summed E-state index contributed by atoms with van der Waals surface area (Å²) in [5.41, 5.74) is 1.27. The highest BCUT2D eigenvalue weighted by Crippen LogP contribution is 2.26. The van der Waals surface area contributed by atoms with Gasteiger partial charge in [0.05, 0.1) is 6.61 Å². The van der Waals surface area contributed by atoms with Crippen LogP contribution in [0.1, 0.15) is 31.9 Å². The van der Waals surface area contributed by atoms with E-state index in [2.05, 4.69) is 24.4 Å². The van der Waals surface area contributed by atoms with Crippen LogP contribution in [-0.4, -0.2) is 27.4 Å². The first-order chi connectivity index (χ1) is 8.72. The van der Waals surface area contributed by atoms with Crippen molar-refractivity contribution in [2.45, 2.75) is 26.3 Å². The van der Waals surface area contributed by atoms with Gasteiger partial charge in [0.1, 0.15) is 5.75 Å². The molecule has 0 aliphatic rings. The molecule has 0 saturated carbocycles. The second-order valence-corrected chi connectivity index (χ2v) is 4.53. The molecule has 2 atom stereocenters. The normalized spacial score (nSPS) is 14.2. The van der Waals surface area contributed by atoms with Gasteiger partial charge >= 0.3 is 0 Å². The highest BCUT2D eigenvalue weighted by atomic mass is 16.5. The van der Waals surface area contributed by atoms with Crippen molar-refractivity contribution >= 4 is 0 Å². The molecule has 0 radical (unpaired) electrons. The van der Waals surface area contributed by atoms with Crippen LogP contribution in [0.3, 0.4) is 0 Å². The van der Waals surface area contributed by atoms with E-state index in [-0.39, 0.29) is 0 Å². The first-order valence-electron chi connectivity index (χ1n) is 6.61. The van der Waals surface area contributed by atoms with Crippen LogP contribution in [0.4, 0.5) is 0 Å². The number of rotatable bonds is 8. The molecule has 1 aromatic rings. The maximum atomic E-state index is 5.55. The van der Waals surface area contributed by atoms with Gasteiger partial charge in [-0.15, -0.1) is 0 Å². The zero-order valence-electron chi connectivity index (χ0n) is 11.9. The highest BCUT2D eigenvalue weighted by molar-refractivity contribution is 5.30. The molecule has 18 heavy (non-hydrogen) atoms. The number of hydrogen-bond acceptors (Lipinski definition) is 3. The van der Waals surface area contributed by atoms with Crippen molar-refractivity contribution in [1.82, 2.24) is 5.32 Å². The Bertz CT molecular complexity index is 341. The Morgan fingerprint density at radius 1 is 1.33 bits per heavy atom. The standard InChI is InChI=1S/C15H25NO2/c1-5-18-14-8-6-7-13(11-14)15(16-3)12(2)9-10-17-4/h6-8,11-12,15-16H,5,9-10H2,1-4H3. The molecule has 0 spiro atoms. The fraction of sp³-hybridized carbons (Fsp3) is 0.600. The Morgan fingerprint density at radius 3 is 2.72 bits per heavy atom. The molecule has 0 saturated heterocycles. The van der Waals surface area contributed by atoms with Crippen LogP contribution in [-0.2, 0) is 4.74 Å². The Balaban J connectivity index is 2.77. The van der Waals surface area contributed by atoms with Crippen molar-refractivity contribution in [1.29, 1.82) is 0 Å². The smallest absolute Gasteiger partial charge is 0.119 e. The number of methoxy groups -OCH3 is 1. The topological polar surface area (TPSA) is 30.5 Å². The van der Waals surface area contributed by atoms with Crippen LogP contribution in [0.5, 0.6) is 5.75 Å². The Labute approximate surface area is 110 Å². The third-order valence-electron chi connectivity index (χ3n) is 3.19. The summed E-state index contributed by atoms with van der Waals surface area (Å²) in [7, 11) is 3.75. The van der Waals surface area contributed by atoms with Crippen LogP contribution in [0, 0.1) is 5.92 Å². The summed E-state index contributed by atoms with van der Waals surface area (Å²) in [4.78, 5) is 0. The van der Waals surface area contributed by atoms with Crippen molar-refractivity contribution in [3.8, 4) is 5.75 Å². The van der Waals surface area contributed by atoms with Gasteiger partial charge in [-0.1, -0.05) is 19.1 Å². The van der Waals surface area contributed by atoms with Crippen LogP contribution in [0.2, 0.25) is 0 Å². The lowest BCUT2D eigenvalue weighted by Crippen LogP contribution is -2.24. The zero-order valence-corrected chi connectivity index (χ0v) is 11.9. The molecule has 1 rings (SSSR count). The van der Waals surface area contributed by atoms with Crippen LogP contribution in [0.15, 0.2) is 24.3 Å². The summed E-state index contributed by atoms with van der Waals surface area (Å²) in [6.07, 6.45) is 1.04. The molecule has 1 aromatic carbocycles. The van der Waals surface area contributed by atoms with Crippen LogP contribution >= 0.6 is 0 Å². The molecule has 2 unspecified atom stereocenters. The van der Waals surface area contributed by atoms with Gasteiger partial charge in [-0.25, -0.2) is 0 Å². The fourth-order valence-corrected chi connectivity index (χ4v) is 2.21. The maximum absolute atomic E-state index is 5.55. The highest BCUT2D eigenvalue weighted by Gasteiger charge is 2.17. The molecule has 3 heteroatoms. The first-order valence-corrected chi connectivity index (χ1v) is 6.61. The predicted octanol–water partition coefficient (Wildman–Crippen LogP) is 3.02. The van der Waals surface area contributed by atoms with E-state index in [1.807, 2.05) is 26.1 Å².